The molecule has 0 aromatic heterocycles. The molecule has 0 N–H and O–H groups in total. The molecule has 0 heterocycles. The predicted octanol–water partition coefficient (Wildman–Crippen LogP) is 2.64. The minimum atomic E-state index is -1.77. The van der Waals surface area contributed by atoms with E-state index >= 15 is 0 Å². The highest BCUT2D eigenvalue weighted by molar-refractivity contribution is 7.90. The van der Waals surface area contributed by atoms with Gasteiger partial charge < -0.3 is 21.6 Å². The van der Waals surface area contributed by atoms with Gasteiger partial charge in [0, 0.05) is 19.0 Å². The number of likely N-dealkylation sites (N-methyl/N-ethyl adjacent to an activating group) is 1. The van der Waals surface area contributed by atoms with Crippen molar-refractivity contribution in [3.8, 4) is 0 Å². The highest BCUT2D eigenvalue weighted by atomic mass is 35.5. The summed E-state index contributed by atoms with van der Waals surface area (Å²) in [6.07, 6.45) is 0.240. The molecule has 2 aromatic rings. The molecule has 2 aromatic carbocycles. The van der Waals surface area contributed by atoms with Crippen LogP contribution < -0.4 is 12.4 Å². The van der Waals surface area contributed by atoms with Crippen molar-refractivity contribution >= 4 is 24.9 Å². The maximum Gasteiger partial charge on any atom is 0.306 e. The van der Waals surface area contributed by atoms with Crippen LogP contribution in [0.2, 0.25) is 0 Å². The van der Waals surface area contributed by atoms with E-state index in [9.17, 15) is 14.4 Å². The molecular weight excluding hydrogens is 481 g/mol. The minimum Gasteiger partial charge on any atom is -1.00 e. The van der Waals surface area contributed by atoms with Crippen molar-refractivity contribution in [3.05, 3.63) is 68.8 Å². The zero-order valence-corrected chi connectivity index (χ0v) is 24.2. The average molecular weight is 520 g/mol. The minimum absolute atomic E-state index is 0. The molecule has 0 aliphatic carbocycles. The Balaban J connectivity index is 0.00000612. The number of aryl methyl sites for hydroxylation is 6. The number of esters is 1. The maximum atomic E-state index is 13.8. The van der Waals surface area contributed by atoms with Gasteiger partial charge in [-0.2, -0.15) is 0 Å². The number of quaternary nitrogens is 1. The second kappa shape index (κ2) is 12.8. The predicted molar refractivity (Wildman–Crippen MR) is 140 cm³/mol. The molecule has 0 radical (unpaired) electrons. The number of hydrogen-bond acceptors (Lipinski definition) is 4. The molecule has 0 fully saturated rings. The monoisotopic (exact) mass is 519 g/mol. The molecule has 0 saturated carbocycles. The van der Waals surface area contributed by atoms with Crippen molar-refractivity contribution < 1.29 is 36.0 Å². The molecule has 7 heteroatoms. The zero-order chi connectivity index (χ0) is 25.8. The number of hydrogen-bond donors (Lipinski definition) is 0. The molecule has 0 unspecified atom stereocenters. The Bertz CT molecular complexity index is 989. The van der Waals surface area contributed by atoms with Crippen LogP contribution in [0.4, 0.5) is 0 Å². The molecule has 192 valence electrons. The van der Waals surface area contributed by atoms with E-state index in [4.69, 9.17) is 4.74 Å². The lowest BCUT2D eigenvalue weighted by Crippen LogP contribution is -3.00. The van der Waals surface area contributed by atoms with Crippen molar-refractivity contribution in [2.24, 2.45) is 0 Å². The lowest BCUT2D eigenvalue weighted by molar-refractivity contribution is -0.870. The van der Waals surface area contributed by atoms with Crippen LogP contribution >= 0.6 is 7.92 Å². The van der Waals surface area contributed by atoms with Crippen LogP contribution in [-0.4, -0.2) is 62.0 Å². The van der Waals surface area contributed by atoms with Gasteiger partial charge in [-0.1, -0.05) is 35.4 Å². The first-order valence-corrected chi connectivity index (χ1v) is 13.2. The molecule has 5 nitrogen and oxygen atoms in total. The fourth-order valence-electron chi connectivity index (χ4n) is 4.31. The Morgan fingerprint density at radius 2 is 1.11 bits per heavy atom. The first-order chi connectivity index (χ1) is 15.7. The van der Waals surface area contributed by atoms with Gasteiger partial charge in [-0.05, 0) is 70.0 Å². The highest BCUT2D eigenvalue weighted by Crippen LogP contribution is 2.46. The highest BCUT2D eigenvalue weighted by Gasteiger charge is 2.32. The largest absolute Gasteiger partial charge is 1.00 e. The third kappa shape index (κ3) is 8.52. The molecule has 0 spiro atoms. The van der Waals surface area contributed by atoms with Crippen LogP contribution in [0, 0.1) is 41.5 Å². The lowest BCUT2D eigenvalue weighted by Gasteiger charge is -2.23. The Kier molecular flexibility index (Phi) is 11.3. The topological polar surface area (TPSA) is 60.4 Å². The summed E-state index contributed by atoms with van der Waals surface area (Å²) in [7, 11) is 4.32. The number of nitrogens with zero attached hydrogens (tertiary/aromatic N) is 1. The Morgan fingerprint density at radius 1 is 0.743 bits per heavy atom. The van der Waals surface area contributed by atoms with Crippen LogP contribution in [0.5, 0.6) is 0 Å². The van der Waals surface area contributed by atoms with E-state index in [0.717, 1.165) is 33.4 Å². The fraction of sp³-hybridized carbons (Fsp3) is 0.464. The SMILES string of the molecule is Cc1cc(C)c(C(=O)P(CCC(=O)OCC[N+](C)(C)C)C(=O)c2c(C)cc(C)cc2C)c(C)c1.[Cl-]. The summed E-state index contributed by atoms with van der Waals surface area (Å²) in [6, 6.07) is 7.89. The number of rotatable bonds is 10. The zero-order valence-electron chi connectivity index (χ0n) is 22.5. The third-order valence-corrected chi connectivity index (χ3v) is 7.94. The first kappa shape index (κ1) is 31.0. The van der Waals surface area contributed by atoms with E-state index in [-0.39, 0.29) is 42.0 Å². The van der Waals surface area contributed by atoms with Gasteiger partial charge in [0.2, 0.25) is 0 Å². The van der Waals surface area contributed by atoms with E-state index in [1.165, 1.54) is 0 Å². The Morgan fingerprint density at radius 3 is 1.46 bits per heavy atom. The van der Waals surface area contributed by atoms with Crippen LogP contribution in [0.15, 0.2) is 24.3 Å². The normalized spacial score (nSPS) is 11.3. The second-order valence-corrected chi connectivity index (χ2v) is 12.4. The average Bonchev–Trinajstić information content (AvgIpc) is 2.65. The van der Waals surface area contributed by atoms with Gasteiger partial charge in [-0.3, -0.25) is 14.4 Å². The van der Waals surface area contributed by atoms with Crippen LogP contribution in [0.1, 0.15) is 60.5 Å². The van der Waals surface area contributed by atoms with Gasteiger partial charge in [0.15, 0.2) is 11.0 Å². The standard InChI is InChI=1S/C28H39NO4P.ClH/c1-18-14-20(3)25(21(4)15-18)27(31)34(13-10-24(30)33-12-11-29(7,8)9)28(32)26-22(5)16-19(2)17-23(26)6;/h14-17H,10-13H2,1-9H3;1H/q+1;/p-1. The van der Waals surface area contributed by atoms with Crippen molar-refractivity contribution in [1.29, 1.82) is 0 Å². The number of ether oxygens (including phenoxy) is 1. The van der Waals surface area contributed by atoms with Crippen molar-refractivity contribution in [3.63, 3.8) is 0 Å². The molecule has 0 amide bonds. The van der Waals surface area contributed by atoms with Gasteiger partial charge in [0.25, 0.3) is 0 Å². The van der Waals surface area contributed by atoms with E-state index in [0.29, 0.717) is 28.8 Å². The molecule has 35 heavy (non-hydrogen) atoms. The number of halogens is 1. The lowest BCUT2D eigenvalue weighted by atomic mass is 10.0. The summed E-state index contributed by atoms with van der Waals surface area (Å²) in [6.45, 7) is 12.6. The smallest absolute Gasteiger partial charge is 0.306 e. The summed E-state index contributed by atoms with van der Waals surface area (Å²) in [4.78, 5) is 40.1. The van der Waals surface area contributed by atoms with Gasteiger partial charge >= 0.3 is 5.97 Å². The van der Waals surface area contributed by atoms with E-state index in [1.54, 1.807) is 0 Å². The number of carbonyl (C=O) groups is 3. The van der Waals surface area contributed by atoms with Crippen molar-refractivity contribution in [2.75, 3.05) is 40.5 Å². The van der Waals surface area contributed by atoms with Crippen LogP contribution in [0.3, 0.4) is 0 Å². The summed E-state index contributed by atoms with van der Waals surface area (Å²) in [5.74, 6) is -0.365. The van der Waals surface area contributed by atoms with Gasteiger partial charge in [-0.25, -0.2) is 0 Å². The molecule has 0 saturated heterocycles. The van der Waals surface area contributed by atoms with Crippen LogP contribution in [0.25, 0.3) is 0 Å². The molecule has 0 aliphatic heterocycles. The van der Waals surface area contributed by atoms with E-state index in [2.05, 4.69) is 0 Å². The maximum absolute atomic E-state index is 13.8. The van der Waals surface area contributed by atoms with Crippen molar-refractivity contribution in [2.45, 2.75) is 48.0 Å². The van der Waals surface area contributed by atoms with E-state index < -0.39 is 7.92 Å². The Labute approximate surface area is 218 Å². The summed E-state index contributed by atoms with van der Waals surface area (Å²) < 4.78 is 6.09. The third-order valence-electron chi connectivity index (χ3n) is 5.84. The summed E-state index contributed by atoms with van der Waals surface area (Å²) in [5.41, 5.74) is 6.51. The summed E-state index contributed by atoms with van der Waals surface area (Å²) in [5, 5.41) is 0. The van der Waals surface area contributed by atoms with Gasteiger partial charge in [0.1, 0.15) is 13.2 Å². The fourth-order valence-corrected chi connectivity index (χ4v) is 6.55. The van der Waals surface area contributed by atoms with Crippen LogP contribution in [-0.2, 0) is 9.53 Å². The molecular formula is C28H39ClNO4P. The first-order valence-electron chi connectivity index (χ1n) is 11.7. The van der Waals surface area contributed by atoms with E-state index in [1.807, 2.05) is 87.0 Å². The second-order valence-electron chi connectivity index (χ2n) is 10.3. The molecule has 0 bridgehead atoms. The number of benzene rings is 2. The van der Waals surface area contributed by atoms with Crippen molar-refractivity contribution in [1.82, 2.24) is 0 Å². The Hall–Kier alpha value is -2.07. The summed E-state index contributed by atoms with van der Waals surface area (Å²) >= 11 is 0. The molecule has 0 atom stereocenters. The molecule has 0 aliphatic rings. The van der Waals surface area contributed by atoms with Gasteiger partial charge in [0.05, 0.1) is 27.6 Å². The van der Waals surface area contributed by atoms with Gasteiger partial charge in [-0.15, -0.1) is 0 Å². The molecule has 2 rings (SSSR count). The quantitative estimate of drug-likeness (QED) is 0.275. The number of carbonyl (C=O) groups excluding carboxylic acids is 3.